The van der Waals surface area contributed by atoms with E-state index in [9.17, 15) is 9.18 Å². The lowest BCUT2D eigenvalue weighted by Gasteiger charge is -2.26. The molecule has 1 saturated heterocycles. The molecule has 1 fully saturated rings. The van der Waals surface area contributed by atoms with Crippen molar-refractivity contribution in [3.63, 3.8) is 0 Å². The third kappa shape index (κ3) is 3.86. The van der Waals surface area contributed by atoms with Gasteiger partial charge >= 0.3 is 0 Å². The van der Waals surface area contributed by atoms with Crippen LogP contribution in [0, 0.1) is 12.7 Å². The van der Waals surface area contributed by atoms with E-state index in [4.69, 9.17) is 9.47 Å². The predicted octanol–water partition coefficient (Wildman–Crippen LogP) is 2.91. The number of anilines is 1. The van der Waals surface area contributed by atoms with Crippen LogP contribution in [-0.4, -0.2) is 72.7 Å². The first-order valence-corrected chi connectivity index (χ1v) is 12.8. The molecule has 1 aromatic carbocycles. The maximum atomic E-state index is 14.7. The van der Waals surface area contributed by atoms with Gasteiger partial charge in [0.15, 0.2) is 5.65 Å². The van der Waals surface area contributed by atoms with Crippen LogP contribution in [-0.2, 0) is 17.7 Å². The van der Waals surface area contributed by atoms with Crippen LogP contribution in [0.15, 0.2) is 43.0 Å². The minimum atomic E-state index is -0.285. The van der Waals surface area contributed by atoms with Gasteiger partial charge in [0.25, 0.3) is 5.91 Å². The molecular formula is C27H25FN8O3. The molecule has 12 heteroatoms. The van der Waals surface area contributed by atoms with Crippen molar-refractivity contribution in [2.24, 2.45) is 0 Å². The first-order valence-electron chi connectivity index (χ1n) is 12.8. The summed E-state index contributed by atoms with van der Waals surface area (Å²) < 4.78 is 29.2. The lowest BCUT2D eigenvalue weighted by molar-refractivity contribution is 0.0298. The second-order valence-electron chi connectivity index (χ2n) is 9.57. The molecule has 2 aliphatic rings. The number of fused-ring (bicyclic) bond motifs is 3. The molecule has 1 amide bonds. The van der Waals surface area contributed by atoms with Gasteiger partial charge in [-0.3, -0.25) is 13.6 Å². The third-order valence-electron chi connectivity index (χ3n) is 7.35. The first-order chi connectivity index (χ1) is 19.1. The van der Waals surface area contributed by atoms with Crippen LogP contribution >= 0.6 is 0 Å². The summed E-state index contributed by atoms with van der Waals surface area (Å²) in [7, 11) is 0. The van der Waals surface area contributed by atoms with Gasteiger partial charge in [-0.25, -0.2) is 14.4 Å². The molecule has 1 N–H and O–H groups in total. The summed E-state index contributed by atoms with van der Waals surface area (Å²) in [5.41, 5.74) is 5.48. The van der Waals surface area contributed by atoms with Gasteiger partial charge in [0.2, 0.25) is 5.95 Å². The highest BCUT2D eigenvalue weighted by Crippen LogP contribution is 2.32. The Kier molecular flexibility index (Phi) is 5.62. The van der Waals surface area contributed by atoms with Gasteiger partial charge in [0, 0.05) is 60.2 Å². The quantitative estimate of drug-likeness (QED) is 0.371. The van der Waals surface area contributed by atoms with Crippen molar-refractivity contribution in [1.82, 2.24) is 33.9 Å². The lowest BCUT2D eigenvalue weighted by Crippen LogP contribution is -2.41. The summed E-state index contributed by atoms with van der Waals surface area (Å²) in [6.07, 6.45) is 5.55. The maximum absolute atomic E-state index is 14.7. The second kappa shape index (κ2) is 9.31. The standard InChI is InChI=1S/C27H25FN8O3/c1-16-2-3-18(24-29-14-22(36(16)24)26(37)34-7-10-38-11-8-34)20-13-31-27(35-15-32-33-25(20)35)30-12-19-17-6-9-39-23(17)5-4-21(19)28/h2-5,13-15H,6-12H2,1H3,(H,30,31). The largest absolute Gasteiger partial charge is 0.493 e. The molecule has 0 saturated carbocycles. The van der Waals surface area contributed by atoms with Crippen molar-refractivity contribution in [3.05, 3.63) is 71.3 Å². The Labute approximate surface area is 222 Å². The fourth-order valence-electron chi connectivity index (χ4n) is 5.36. The minimum Gasteiger partial charge on any atom is -0.493 e. The lowest BCUT2D eigenvalue weighted by atomic mass is 10.0. The zero-order valence-corrected chi connectivity index (χ0v) is 21.2. The number of nitrogens with zero attached hydrogens (tertiary/aromatic N) is 7. The molecule has 198 valence electrons. The molecule has 6 heterocycles. The van der Waals surface area contributed by atoms with Crippen LogP contribution in [0.3, 0.4) is 0 Å². The number of aromatic nitrogens is 6. The van der Waals surface area contributed by atoms with Crippen LogP contribution in [0.2, 0.25) is 0 Å². The van der Waals surface area contributed by atoms with Gasteiger partial charge in [-0.1, -0.05) is 0 Å². The van der Waals surface area contributed by atoms with Gasteiger partial charge in [-0.05, 0) is 31.2 Å². The number of hydrogen-bond acceptors (Lipinski definition) is 8. The molecule has 11 nitrogen and oxygen atoms in total. The van der Waals surface area contributed by atoms with Crippen LogP contribution in [0.5, 0.6) is 5.75 Å². The summed E-state index contributed by atoms with van der Waals surface area (Å²) >= 11 is 0. The number of carbonyl (C=O) groups excluding carboxylic acids is 1. The number of carbonyl (C=O) groups is 1. The predicted molar refractivity (Wildman–Crippen MR) is 139 cm³/mol. The zero-order chi connectivity index (χ0) is 26.5. The molecule has 0 aliphatic carbocycles. The summed E-state index contributed by atoms with van der Waals surface area (Å²) in [6, 6.07) is 6.99. The summed E-state index contributed by atoms with van der Waals surface area (Å²) in [5.74, 6) is 0.832. The van der Waals surface area contributed by atoms with E-state index in [1.165, 1.54) is 6.07 Å². The molecule has 4 aromatic heterocycles. The van der Waals surface area contributed by atoms with E-state index in [0.717, 1.165) is 22.6 Å². The van der Waals surface area contributed by atoms with E-state index in [1.54, 1.807) is 34.1 Å². The average Bonchev–Trinajstić information content (AvgIpc) is 3.73. The van der Waals surface area contributed by atoms with E-state index in [1.807, 2.05) is 23.5 Å². The Morgan fingerprint density at radius 3 is 2.79 bits per heavy atom. The van der Waals surface area contributed by atoms with Crippen LogP contribution < -0.4 is 10.1 Å². The second-order valence-corrected chi connectivity index (χ2v) is 9.57. The molecule has 39 heavy (non-hydrogen) atoms. The summed E-state index contributed by atoms with van der Waals surface area (Å²) in [5, 5.41) is 11.7. The highest BCUT2D eigenvalue weighted by Gasteiger charge is 2.25. The van der Waals surface area contributed by atoms with Crippen molar-refractivity contribution in [1.29, 1.82) is 0 Å². The van der Waals surface area contributed by atoms with Crippen LogP contribution in [0.25, 0.3) is 22.4 Å². The Bertz CT molecular complexity index is 1740. The van der Waals surface area contributed by atoms with Gasteiger partial charge in [0.05, 0.1) is 26.0 Å². The van der Waals surface area contributed by atoms with Gasteiger partial charge < -0.3 is 19.7 Å². The number of imidazole rings is 1. The molecule has 0 spiro atoms. The smallest absolute Gasteiger partial charge is 0.272 e. The van der Waals surface area contributed by atoms with Crippen LogP contribution in [0.4, 0.5) is 10.3 Å². The molecular weight excluding hydrogens is 503 g/mol. The Morgan fingerprint density at radius 2 is 1.92 bits per heavy atom. The Morgan fingerprint density at radius 1 is 1.05 bits per heavy atom. The summed E-state index contributed by atoms with van der Waals surface area (Å²) in [4.78, 5) is 24.4. The minimum absolute atomic E-state index is 0.0821. The Hall–Kier alpha value is -4.58. The van der Waals surface area contributed by atoms with E-state index in [0.29, 0.717) is 73.4 Å². The number of rotatable bonds is 5. The fourth-order valence-corrected chi connectivity index (χ4v) is 5.36. The van der Waals surface area contributed by atoms with E-state index >= 15 is 0 Å². The molecule has 0 unspecified atom stereocenters. The topological polar surface area (TPSA) is 111 Å². The van der Waals surface area contributed by atoms with E-state index < -0.39 is 0 Å². The SMILES string of the molecule is Cc1ccc(-c2cnc(NCc3c(F)ccc4c3CCO4)n3cnnc23)c2ncc(C(=O)N3CCOCC3)n12. The number of amides is 1. The van der Waals surface area contributed by atoms with E-state index in [2.05, 4.69) is 25.5 Å². The van der Waals surface area contributed by atoms with Crippen molar-refractivity contribution >= 4 is 23.1 Å². The summed E-state index contributed by atoms with van der Waals surface area (Å²) in [6.45, 7) is 4.87. The van der Waals surface area contributed by atoms with E-state index in [-0.39, 0.29) is 18.3 Å². The molecule has 0 radical (unpaired) electrons. The third-order valence-corrected chi connectivity index (χ3v) is 7.35. The number of nitrogens with one attached hydrogen (secondary N) is 1. The fraction of sp³-hybridized carbons (Fsp3) is 0.296. The van der Waals surface area contributed by atoms with Crippen molar-refractivity contribution in [2.75, 3.05) is 38.2 Å². The van der Waals surface area contributed by atoms with Gasteiger partial charge in [0.1, 0.15) is 29.2 Å². The first kappa shape index (κ1) is 23.5. The molecule has 0 bridgehead atoms. The number of pyridine rings is 1. The molecule has 2 aliphatic heterocycles. The number of halogens is 1. The van der Waals surface area contributed by atoms with Crippen molar-refractivity contribution in [2.45, 2.75) is 19.9 Å². The molecule has 0 atom stereocenters. The van der Waals surface area contributed by atoms with Crippen molar-refractivity contribution in [3.8, 4) is 16.9 Å². The van der Waals surface area contributed by atoms with Gasteiger partial charge in [-0.15, -0.1) is 10.2 Å². The molecule has 5 aromatic rings. The highest BCUT2D eigenvalue weighted by molar-refractivity contribution is 5.95. The Balaban J connectivity index is 1.25. The number of hydrogen-bond donors (Lipinski definition) is 1. The number of ether oxygens (including phenoxy) is 2. The number of morpholine rings is 1. The zero-order valence-electron chi connectivity index (χ0n) is 21.2. The normalized spacial score (nSPS) is 15.1. The average molecular weight is 529 g/mol. The molecule has 7 rings (SSSR count). The maximum Gasteiger partial charge on any atom is 0.272 e. The van der Waals surface area contributed by atoms with Crippen LogP contribution in [0.1, 0.15) is 27.3 Å². The van der Waals surface area contributed by atoms with Gasteiger partial charge in [-0.2, -0.15) is 0 Å². The highest BCUT2D eigenvalue weighted by atomic mass is 19.1. The monoisotopic (exact) mass is 528 g/mol. The number of aryl methyl sites for hydroxylation is 1. The number of benzene rings is 1. The van der Waals surface area contributed by atoms with Crippen molar-refractivity contribution < 1.29 is 18.7 Å².